The molecule has 8 nitrogen and oxygen atoms in total. The van der Waals surface area contributed by atoms with E-state index in [1.165, 1.54) is 30.0 Å². The van der Waals surface area contributed by atoms with Gasteiger partial charge in [-0.25, -0.2) is 0 Å². The number of halogens is 1. The van der Waals surface area contributed by atoms with Gasteiger partial charge in [0.1, 0.15) is 11.1 Å². The van der Waals surface area contributed by atoms with Crippen molar-refractivity contribution in [2.24, 2.45) is 4.99 Å². The average Bonchev–Trinajstić information content (AvgIpc) is 3.46. The third-order valence-electron chi connectivity index (χ3n) is 5.30. The van der Waals surface area contributed by atoms with Crippen LogP contribution >= 0.6 is 23.4 Å². The van der Waals surface area contributed by atoms with Gasteiger partial charge in [0, 0.05) is 22.7 Å². The summed E-state index contributed by atoms with van der Waals surface area (Å²) in [5.41, 5.74) is 0.959. The molecule has 3 aliphatic rings. The molecule has 0 saturated heterocycles. The number of nitro groups is 1. The van der Waals surface area contributed by atoms with Gasteiger partial charge in [0.05, 0.1) is 11.0 Å². The van der Waals surface area contributed by atoms with Crippen molar-refractivity contribution in [3.05, 3.63) is 85.9 Å². The highest BCUT2D eigenvalue weighted by Gasteiger charge is 2.38. The van der Waals surface area contributed by atoms with Crippen LogP contribution in [0, 0.1) is 10.1 Å². The molecule has 2 atom stereocenters. The van der Waals surface area contributed by atoms with E-state index >= 15 is 0 Å². The molecule has 0 bridgehead atoms. The second kappa shape index (κ2) is 7.99. The fraction of sp³-hybridized carbons (Fsp3) is 0.182. The molecular formula is C22H16ClN3O5S. The van der Waals surface area contributed by atoms with Crippen molar-refractivity contribution >= 4 is 40.0 Å². The second-order valence-corrected chi connectivity index (χ2v) is 8.98. The number of ketones is 1. The van der Waals surface area contributed by atoms with Gasteiger partial charge in [-0.3, -0.25) is 19.9 Å². The molecule has 2 aromatic carbocycles. The van der Waals surface area contributed by atoms with Crippen LogP contribution in [0.5, 0.6) is 11.5 Å². The number of fused-ring (bicyclic) bond motifs is 2. The van der Waals surface area contributed by atoms with Crippen molar-refractivity contribution in [2.45, 2.75) is 19.0 Å². The third-order valence-corrected chi connectivity index (χ3v) is 6.54. The average molecular weight is 470 g/mol. The number of rotatable bonds is 5. The molecular weight excluding hydrogens is 454 g/mol. The zero-order valence-electron chi connectivity index (χ0n) is 16.7. The van der Waals surface area contributed by atoms with Crippen LogP contribution in [-0.2, 0) is 0 Å². The summed E-state index contributed by atoms with van der Waals surface area (Å²) in [6, 6.07) is 9.00. The van der Waals surface area contributed by atoms with Crippen molar-refractivity contribution in [3.8, 4) is 11.5 Å². The van der Waals surface area contributed by atoms with E-state index in [0.717, 1.165) is 10.1 Å². The number of ether oxygens (including phenoxy) is 2. The van der Waals surface area contributed by atoms with Gasteiger partial charge in [-0.1, -0.05) is 35.5 Å². The summed E-state index contributed by atoms with van der Waals surface area (Å²) in [4.78, 5) is 31.5. The molecule has 2 aromatic rings. The van der Waals surface area contributed by atoms with Crippen LogP contribution in [0.25, 0.3) is 0 Å². The number of allylic oxidation sites excluding steroid dienone is 2. The van der Waals surface area contributed by atoms with Crippen molar-refractivity contribution in [1.82, 2.24) is 4.90 Å². The zero-order valence-corrected chi connectivity index (χ0v) is 18.3. The largest absolute Gasteiger partial charge is 0.454 e. The van der Waals surface area contributed by atoms with E-state index in [2.05, 4.69) is 0 Å². The number of nitrogens with zero attached hydrogens (tertiary/aromatic N) is 3. The molecule has 2 unspecified atom stereocenters. The lowest BCUT2D eigenvalue weighted by Crippen LogP contribution is -2.28. The van der Waals surface area contributed by atoms with Gasteiger partial charge in [0.25, 0.3) is 5.69 Å². The van der Waals surface area contributed by atoms with E-state index in [9.17, 15) is 14.9 Å². The Morgan fingerprint density at radius 3 is 2.91 bits per heavy atom. The maximum absolute atomic E-state index is 12.8. The van der Waals surface area contributed by atoms with E-state index < -0.39 is 11.0 Å². The summed E-state index contributed by atoms with van der Waals surface area (Å²) in [5, 5.41) is 12.2. The standard InChI is InChI=1S/C22H16ClN3O5S/c1-12-10-25-16(5-6-18(27)13-3-7-19-20(9-13)31-11-30-19)21(24-22(25)32-12)14-2-4-15(23)17(8-14)26(28)29/h2-10,16,21H,11H2,1H3/b6-5+. The Morgan fingerprint density at radius 2 is 2.09 bits per heavy atom. The zero-order chi connectivity index (χ0) is 22.4. The van der Waals surface area contributed by atoms with Crippen molar-refractivity contribution in [2.75, 3.05) is 6.79 Å². The summed E-state index contributed by atoms with van der Waals surface area (Å²) in [6.45, 7) is 2.12. The molecule has 0 aliphatic carbocycles. The normalized spacial score (nSPS) is 21.0. The molecule has 0 saturated carbocycles. The first kappa shape index (κ1) is 20.6. The lowest BCUT2D eigenvalue weighted by atomic mass is 9.98. The first-order chi connectivity index (χ1) is 15.4. The molecule has 0 aromatic heterocycles. The maximum Gasteiger partial charge on any atom is 0.288 e. The minimum Gasteiger partial charge on any atom is -0.454 e. The molecule has 0 fully saturated rings. The fourth-order valence-corrected chi connectivity index (χ4v) is 4.87. The lowest BCUT2D eigenvalue weighted by Gasteiger charge is -2.22. The Bertz CT molecular complexity index is 1240. The number of carbonyl (C=O) groups excluding carboxylic acids is 1. The quantitative estimate of drug-likeness (QED) is 0.260. The summed E-state index contributed by atoms with van der Waals surface area (Å²) in [6.07, 6.45) is 5.25. The van der Waals surface area contributed by atoms with Crippen molar-refractivity contribution < 1.29 is 19.2 Å². The highest BCUT2D eigenvalue weighted by atomic mass is 35.5. The lowest BCUT2D eigenvalue weighted by molar-refractivity contribution is -0.384. The predicted molar refractivity (Wildman–Crippen MR) is 121 cm³/mol. The Kier molecular flexibility index (Phi) is 5.15. The number of carbonyl (C=O) groups is 1. The topological polar surface area (TPSA) is 94.3 Å². The van der Waals surface area contributed by atoms with Crippen LogP contribution in [0.4, 0.5) is 5.69 Å². The summed E-state index contributed by atoms with van der Waals surface area (Å²) < 4.78 is 10.6. The number of nitro benzene ring substituents is 1. The molecule has 0 spiro atoms. The molecule has 3 aliphatic heterocycles. The maximum atomic E-state index is 12.8. The van der Waals surface area contributed by atoms with Gasteiger partial charge in [-0.2, -0.15) is 0 Å². The van der Waals surface area contributed by atoms with Gasteiger partial charge >= 0.3 is 0 Å². The highest BCUT2D eigenvalue weighted by Crippen LogP contribution is 2.43. The molecule has 3 heterocycles. The molecule has 10 heteroatoms. The Morgan fingerprint density at radius 1 is 1.28 bits per heavy atom. The number of amidine groups is 1. The van der Waals surface area contributed by atoms with Crippen LogP contribution in [0.3, 0.4) is 0 Å². The molecule has 162 valence electrons. The Balaban J connectivity index is 1.45. The van der Waals surface area contributed by atoms with E-state index in [0.29, 0.717) is 22.6 Å². The summed E-state index contributed by atoms with van der Waals surface area (Å²) in [5.74, 6) is 0.959. The predicted octanol–water partition coefficient (Wildman–Crippen LogP) is 5.11. The minimum absolute atomic E-state index is 0.0695. The van der Waals surface area contributed by atoms with E-state index in [4.69, 9.17) is 26.1 Å². The monoisotopic (exact) mass is 469 g/mol. The van der Waals surface area contributed by atoms with Crippen LogP contribution in [-0.4, -0.2) is 33.6 Å². The molecule has 0 N–H and O–H groups in total. The number of aliphatic imine (C=N–C) groups is 1. The van der Waals surface area contributed by atoms with Crippen molar-refractivity contribution in [3.63, 3.8) is 0 Å². The van der Waals surface area contributed by atoms with E-state index in [-0.39, 0.29) is 29.3 Å². The van der Waals surface area contributed by atoms with Gasteiger partial charge in [-0.05, 0) is 42.8 Å². The third kappa shape index (κ3) is 3.63. The number of hydrogen-bond acceptors (Lipinski definition) is 8. The van der Waals surface area contributed by atoms with Gasteiger partial charge < -0.3 is 14.4 Å². The molecule has 5 rings (SSSR count). The highest BCUT2D eigenvalue weighted by molar-refractivity contribution is 8.17. The second-order valence-electron chi connectivity index (χ2n) is 7.36. The fourth-order valence-electron chi connectivity index (χ4n) is 3.78. The van der Waals surface area contributed by atoms with Crippen LogP contribution in [0.15, 0.2) is 64.6 Å². The van der Waals surface area contributed by atoms with Crippen molar-refractivity contribution in [1.29, 1.82) is 0 Å². The minimum atomic E-state index is -0.512. The number of hydrogen-bond donors (Lipinski definition) is 0. The van der Waals surface area contributed by atoms with Gasteiger partial charge in [0.15, 0.2) is 22.4 Å². The van der Waals surface area contributed by atoms with Crippen LogP contribution < -0.4 is 9.47 Å². The van der Waals surface area contributed by atoms with Gasteiger partial charge in [0.2, 0.25) is 6.79 Å². The van der Waals surface area contributed by atoms with Crippen LogP contribution in [0.1, 0.15) is 28.9 Å². The summed E-state index contributed by atoms with van der Waals surface area (Å²) in [7, 11) is 0. The van der Waals surface area contributed by atoms with E-state index in [1.807, 2.05) is 18.0 Å². The molecule has 0 radical (unpaired) electrons. The number of thioether (sulfide) groups is 1. The Labute approximate surface area is 192 Å². The smallest absolute Gasteiger partial charge is 0.288 e. The molecule has 32 heavy (non-hydrogen) atoms. The Hall–Kier alpha value is -3.30. The first-order valence-electron chi connectivity index (χ1n) is 9.69. The molecule has 0 amide bonds. The van der Waals surface area contributed by atoms with E-state index in [1.54, 1.807) is 30.3 Å². The van der Waals surface area contributed by atoms with Crippen LogP contribution in [0.2, 0.25) is 5.02 Å². The van der Waals surface area contributed by atoms with Gasteiger partial charge in [-0.15, -0.1) is 0 Å². The first-order valence-corrected chi connectivity index (χ1v) is 10.9. The SMILES string of the molecule is CC1=CN2C(=NC(c3ccc(Cl)c([N+](=O)[O-])c3)C2/C=C/C(=O)c2ccc3c(c2)OCO3)S1. The number of benzene rings is 2. The summed E-state index contributed by atoms with van der Waals surface area (Å²) >= 11 is 7.50.